The number of nitrogens with zero attached hydrogens (tertiary/aromatic N) is 2. The zero-order valence-corrected chi connectivity index (χ0v) is 15.5. The van der Waals surface area contributed by atoms with Crippen molar-refractivity contribution in [2.45, 2.75) is 6.54 Å². The predicted octanol–water partition coefficient (Wildman–Crippen LogP) is 2.84. The van der Waals surface area contributed by atoms with Gasteiger partial charge in [-0.25, -0.2) is 9.18 Å². The number of nitro groups is 1. The molecule has 0 bridgehead atoms. The largest absolute Gasteiger partial charge is 0.496 e. The fraction of sp³-hybridized carbons (Fsp3) is 0.158. The van der Waals surface area contributed by atoms with Crippen molar-refractivity contribution in [1.82, 2.24) is 10.2 Å². The van der Waals surface area contributed by atoms with E-state index in [1.165, 1.54) is 50.6 Å². The van der Waals surface area contributed by atoms with Gasteiger partial charge in [-0.3, -0.25) is 19.8 Å². The van der Waals surface area contributed by atoms with Crippen molar-refractivity contribution >= 4 is 23.7 Å². The molecule has 2 aromatic carbocycles. The number of carbonyl (C=O) groups is 2. The number of halogens is 1. The van der Waals surface area contributed by atoms with Crippen LogP contribution in [-0.2, 0) is 11.3 Å². The average Bonchev–Trinajstić information content (AvgIpc) is 2.96. The van der Waals surface area contributed by atoms with Crippen LogP contribution in [0.3, 0.4) is 0 Å². The van der Waals surface area contributed by atoms with E-state index >= 15 is 0 Å². The first-order valence-electron chi connectivity index (χ1n) is 8.34. The summed E-state index contributed by atoms with van der Waals surface area (Å²) < 4.78 is 24.0. The highest BCUT2D eigenvalue weighted by Crippen LogP contribution is 2.35. The lowest BCUT2D eigenvalue weighted by Crippen LogP contribution is -2.30. The SMILES string of the molecule is COc1cc(OC)c([N+](=O)[O-])cc1/C=C1/NC(=O)N(Cc2ccccc2F)C1=O. The number of amides is 3. The van der Waals surface area contributed by atoms with Crippen molar-refractivity contribution in [3.8, 4) is 11.5 Å². The van der Waals surface area contributed by atoms with E-state index in [-0.39, 0.29) is 40.6 Å². The number of hydrogen-bond acceptors (Lipinski definition) is 6. The van der Waals surface area contributed by atoms with Crippen LogP contribution in [0.1, 0.15) is 11.1 Å². The van der Waals surface area contributed by atoms with Crippen molar-refractivity contribution < 1.29 is 28.4 Å². The van der Waals surface area contributed by atoms with Crippen molar-refractivity contribution in [3.05, 3.63) is 69.2 Å². The summed E-state index contributed by atoms with van der Waals surface area (Å²) in [7, 11) is 2.63. The van der Waals surface area contributed by atoms with Crippen LogP contribution < -0.4 is 14.8 Å². The molecule has 1 aliphatic heterocycles. The molecule has 1 fully saturated rings. The zero-order chi connectivity index (χ0) is 21.1. The number of ether oxygens (including phenoxy) is 2. The summed E-state index contributed by atoms with van der Waals surface area (Å²) in [5.41, 5.74) is -0.0875. The lowest BCUT2D eigenvalue weighted by molar-refractivity contribution is -0.385. The Hall–Kier alpha value is -3.95. The molecule has 0 aromatic heterocycles. The second kappa shape index (κ2) is 7.97. The lowest BCUT2D eigenvalue weighted by atomic mass is 10.1. The van der Waals surface area contributed by atoms with Gasteiger partial charge in [-0.05, 0) is 12.1 Å². The topological polar surface area (TPSA) is 111 Å². The average molecular weight is 401 g/mol. The van der Waals surface area contributed by atoms with Gasteiger partial charge in [0.05, 0.1) is 25.7 Å². The Morgan fingerprint density at radius 1 is 1.17 bits per heavy atom. The van der Waals surface area contributed by atoms with Gasteiger partial charge in [0.1, 0.15) is 17.3 Å². The smallest absolute Gasteiger partial charge is 0.329 e. The first-order valence-corrected chi connectivity index (χ1v) is 8.34. The van der Waals surface area contributed by atoms with Gasteiger partial charge < -0.3 is 14.8 Å². The molecule has 3 amide bonds. The molecule has 0 spiro atoms. The zero-order valence-electron chi connectivity index (χ0n) is 15.5. The van der Waals surface area contributed by atoms with E-state index in [1.54, 1.807) is 6.07 Å². The van der Waals surface area contributed by atoms with Crippen molar-refractivity contribution in [2.75, 3.05) is 14.2 Å². The summed E-state index contributed by atoms with van der Waals surface area (Å²) in [5.74, 6) is -1.05. The Balaban J connectivity index is 1.96. The molecule has 2 aromatic rings. The lowest BCUT2D eigenvalue weighted by Gasteiger charge is -2.12. The number of rotatable bonds is 6. The first-order chi connectivity index (χ1) is 13.8. The highest BCUT2D eigenvalue weighted by molar-refractivity contribution is 6.14. The third-order valence-corrected chi connectivity index (χ3v) is 4.28. The van der Waals surface area contributed by atoms with Crippen molar-refractivity contribution in [3.63, 3.8) is 0 Å². The molecule has 29 heavy (non-hydrogen) atoms. The van der Waals surface area contributed by atoms with Gasteiger partial charge in [0.2, 0.25) is 5.75 Å². The summed E-state index contributed by atoms with van der Waals surface area (Å²) in [4.78, 5) is 36.3. The third kappa shape index (κ3) is 3.86. The number of carbonyl (C=O) groups excluding carboxylic acids is 2. The van der Waals surface area contributed by atoms with E-state index in [2.05, 4.69) is 5.32 Å². The molecular weight excluding hydrogens is 385 g/mol. The molecule has 0 atom stereocenters. The highest BCUT2D eigenvalue weighted by atomic mass is 19.1. The fourth-order valence-corrected chi connectivity index (χ4v) is 2.83. The Morgan fingerprint density at radius 3 is 2.48 bits per heavy atom. The number of benzene rings is 2. The van der Waals surface area contributed by atoms with E-state index in [0.29, 0.717) is 0 Å². The Morgan fingerprint density at radius 2 is 1.86 bits per heavy atom. The van der Waals surface area contributed by atoms with Crippen LogP contribution in [0.2, 0.25) is 0 Å². The highest BCUT2D eigenvalue weighted by Gasteiger charge is 2.34. The maximum absolute atomic E-state index is 13.9. The number of methoxy groups -OCH3 is 2. The third-order valence-electron chi connectivity index (χ3n) is 4.28. The fourth-order valence-electron chi connectivity index (χ4n) is 2.83. The van der Waals surface area contributed by atoms with E-state index in [9.17, 15) is 24.1 Å². The van der Waals surface area contributed by atoms with Crippen LogP contribution in [0, 0.1) is 15.9 Å². The van der Waals surface area contributed by atoms with Crippen LogP contribution in [0.4, 0.5) is 14.9 Å². The first kappa shape index (κ1) is 19.8. The van der Waals surface area contributed by atoms with Crippen LogP contribution in [0.15, 0.2) is 42.1 Å². The maximum atomic E-state index is 13.9. The minimum atomic E-state index is -0.730. The number of urea groups is 1. The number of imide groups is 1. The molecule has 1 heterocycles. The van der Waals surface area contributed by atoms with Gasteiger partial charge in [0, 0.05) is 23.3 Å². The molecule has 1 aliphatic rings. The molecule has 0 radical (unpaired) electrons. The molecule has 1 N–H and O–H groups in total. The van der Waals surface area contributed by atoms with Gasteiger partial charge in [-0.2, -0.15) is 0 Å². The van der Waals surface area contributed by atoms with Crippen LogP contribution in [0.5, 0.6) is 11.5 Å². The normalized spacial score (nSPS) is 14.9. The maximum Gasteiger partial charge on any atom is 0.329 e. The molecule has 9 nitrogen and oxygen atoms in total. The van der Waals surface area contributed by atoms with Gasteiger partial charge in [0.25, 0.3) is 5.91 Å². The summed E-state index contributed by atoms with van der Waals surface area (Å²) >= 11 is 0. The Kier molecular flexibility index (Phi) is 5.44. The molecule has 0 unspecified atom stereocenters. The van der Waals surface area contributed by atoms with Crippen LogP contribution in [0.25, 0.3) is 6.08 Å². The van der Waals surface area contributed by atoms with Crippen molar-refractivity contribution in [2.24, 2.45) is 0 Å². The quantitative estimate of drug-likeness (QED) is 0.345. The molecule has 150 valence electrons. The van der Waals surface area contributed by atoms with Gasteiger partial charge in [-0.15, -0.1) is 0 Å². The van der Waals surface area contributed by atoms with E-state index in [0.717, 1.165) is 4.90 Å². The minimum Gasteiger partial charge on any atom is -0.496 e. The van der Waals surface area contributed by atoms with Crippen LogP contribution in [-0.4, -0.2) is 36.0 Å². The van der Waals surface area contributed by atoms with E-state index in [1.807, 2.05) is 0 Å². The van der Waals surface area contributed by atoms with Gasteiger partial charge in [-0.1, -0.05) is 18.2 Å². The summed E-state index contributed by atoms with van der Waals surface area (Å²) in [6.45, 7) is -0.255. The van der Waals surface area contributed by atoms with E-state index < -0.39 is 22.7 Å². The second-order valence-electron chi connectivity index (χ2n) is 5.99. The molecule has 0 saturated carbocycles. The number of nitro benzene ring substituents is 1. The van der Waals surface area contributed by atoms with Crippen LogP contribution >= 0.6 is 0 Å². The molecule has 3 rings (SSSR count). The standard InChI is InChI=1S/C19H16FN3O6/c1-28-16-9-17(29-2)15(23(26)27)8-12(16)7-14-18(24)22(19(25)21-14)10-11-5-3-4-6-13(11)20/h3-9H,10H2,1-2H3,(H,21,25)/b14-7+. The summed E-state index contributed by atoms with van der Waals surface area (Å²) in [5, 5.41) is 13.6. The molecule has 0 aliphatic carbocycles. The monoisotopic (exact) mass is 401 g/mol. The molecular formula is C19H16FN3O6. The van der Waals surface area contributed by atoms with Gasteiger partial charge >= 0.3 is 11.7 Å². The summed E-state index contributed by atoms with van der Waals surface area (Å²) in [6, 6.07) is 7.53. The number of hydrogen-bond donors (Lipinski definition) is 1. The van der Waals surface area contributed by atoms with Gasteiger partial charge in [0.15, 0.2) is 0 Å². The van der Waals surface area contributed by atoms with E-state index in [4.69, 9.17) is 9.47 Å². The minimum absolute atomic E-state index is 0.0167. The Bertz CT molecular complexity index is 1040. The Labute approximate surface area is 164 Å². The predicted molar refractivity (Wildman–Crippen MR) is 99.7 cm³/mol. The van der Waals surface area contributed by atoms with Crippen molar-refractivity contribution in [1.29, 1.82) is 0 Å². The second-order valence-corrected chi connectivity index (χ2v) is 5.99. The summed E-state index contributed by atoms with van der Waals surface area (Å²) in [6.07, 6.45) is 1.26. The molecule has 10 heteroatoms. The number of nitrogens with one attached hydrogen (secondary N) is 1. The molecule has 1 saturated heterocycles.